The average molecular weight is 275 g/mol. The molecule has 0 aliphatic carbocycles. The van der Waals surface area contributed by atoms with Gasteiger partial charge in [-0.3, -0.25) is 9.78 Å². The Labute approximate surface area is 115 Å². The summed E-state index contributed by atoms with van der Waals surface area (Å²) in [6, 6.07) is 6.30. The summed E-state index contributed by atoms with van der Waals surface area (Å²) in [6.45, 7) is 0.146. The van der Waals surface area contributed by atoms with Crippen molar-refractivity contribution in [3.8, 4) is 0 Å². The Morgan fingerprint density at radius 1 is 1.40 bits per heavy atom. The van der Waals surface area contributed by atoms with Gasteiger partial charge in [0.2, 0.25) is 0 Å². The van der Waals surface area contributed by atoms with Crippen LogP contribution >= 0.6 is 0 Å². The minimum atomic E-state index is -0.363. The highest BCUT2D eigenvalue weighted by Crippen LogP contribution is 2.11. The van der Waals surface area contributed by atoms with Gasteiger partial charge in [-0.15, -0.1) is 0 Å². The van der Waals surface area contributed by atoms with E-state index in [0.29, 0.717) is 5.56 Å². The summed E-state index contributed by atoms with van der Waals surface area (Å²) in [5, 5.41) is 0. The summed E-state index contributed by atoms with van der Waals surface area (Å²) >= 11 is 0. The number of hydrazine groups is 1. The van der Waals surface area contributed by atoms with Crippen LogP contribution in [0.15, 0.2) is 36.7 Å². The molecule has 0 unspecified atom stereocenters. The van der Waals surface area contributed by atoms with E-state index in [4.69, 9.17) is 5.84 Å². The zero-order valence-electron chi connectivity index (χ0n) is 10.9. The van der Waals surface area contributed by atoms with Gasteiger partial charge < -0.3 is 10.3 Å². The second-order valence-corrected chi connectivity index (χ2v) is 4.19. The number of hydrogen-bond donors (Lipinski definition) is 2. The molecule has 0 spiro atoms. The van der Waals surface area contributed by atoms with Crippen molar-refractivity contribution in [2.24, 2.45) is 5.84 Å². The van der Waals surface area contributed by atoms with Gasteiger partial charge in [0.1, 0.15) is 11.5 Å². The van der Waals surface area contributed by atoms with E-state index < -0.39 is 0 Å². The fourth-order valence-corrected chi connectivity index (χ4v) is 1.69. The zero-order chi connectivity index (χ0) is 14.5. The zero-order valence-corrected chi connectivity index (χ0v) is 10.9. The van der Waals surface area contributed by atoms with Crippen LogP contribution in [0.5, 0.6) is 0 Å². The fourth-order valence-electron chi connectivity index (χ4n) is 1.69. The fraction of sp³-hybridized carbons (Fsp3) is 0.154. The average Bonchev–Trinajstić information content (AvgIpc) is 2.48. The molecule has 2 aromatic rings. The van der Waals surface area contributed by atoms with E-state index in [0.717, 1.165) is 0 Å². The number of nitrogen functional groups attached to an aromatic ring is 1. The molecule has 1 aromatic heterocycles. The number of anilines is 1. The second-order valence-electron chi connectivity index (χ2n) is 4.19. The summed E-state index contributed by atoms with van der Waals surface area (Å²) in [4.78, 5) is 21.4. The van der Waals surface area contributed by atoms with Crippen LogP contribution in [0.3, 0.4) is 0 Å². The summed E-state index contributed by atoms with van der Waals surface area (Å²) in [5.41, 5.74) is 2.89. The van der Waals surface area contributed by atoms with E-state index >= 15 is 0 Å². The number of nitrogens with one attached hydrogen (secondary N) is 1. The molecule has 3 N–H and O–H groups in total. The van der Waals surface area contributed by atoms with Gasteiger partial charge in [-0.1, -0.05) is 18.2 Å². The highest BCUT2D eigenvalue weighted by atomic mass is 19.1. The van der Waals surface area contributed by atoms with Crippen molar-refractivity contribution in [1.82, 2.24) is 14.9 Å². The van der Waals surface area contributed by atoms with Gasteiger partial charge in [-0.05, 0) is 6.07 Å². The van der Waals surface area contributed by atoms with E-state index in [-0.39, 0.29) is 29.8 Å². The van der Waals surface area contributed by atoms with E-state index in [1.165, 1.54) is 23.4 Å². The number of nitrogens with two attached hydrogens (primary N) is 1. The number of nitrogens with zero attached hydrogens (tertiary/aromatic N) is 3. The van der Waals surface area contributed by atoms with Crippen molar-refractivity contribution < 1.29 is 9.18 Å². The lowest BCUT2D eigenvalue weighted by Crippen LogP contribution is -2.28. The van der Waals surface area contributed by atoms with Gasteiger partial charge in [0.05, 0.1) is 12.4 Å². The highest BCUT2D eigenvalue weighted by Gasteiger charge is 2.15. The highest BCUT2D eigenvalue weighted by molar-refractivity contribution is 5.92. The van der Waals surface area contributed by atoms with Crippen LogP contribution in [0.25, 0.3) is 0 Å². The first-order chi connectivity index (χ1) is 9.61. The maximum atomic E-state index is 13.5. The predicted molar refractivity (Wildman–Crippen MR) is 72.0 cm³/mol. The van der Waals surface area contributed by atoms with Crippen molar-refractivity contribution in [3.05, 3.63) is 53.7 Å². The van der Waals surface area contributed by atoms with Crippen LogP contribution in [-0.4, -0.2) is 27.8 Å². The molecule has 1 aromatic carbocycles. The van der Waals surface area contributed by atoms with E-state index in [1.807, 2.05) is 0 Å². The molecule has 0 saturated carbocycles. The molecule has 1 amide bonds. The summed E-state index contributed by atoms with van der Waals surface area (Å²) in [5.74, 6) is 4.78. The molecular weight excluding hydrogens is 261 g/mol. The standard InChI is InChI=1S/C13H14FN5O/c1-19(8-9-4-2-3-5-10(9)14)13(20)11-6-16-7-12(17-11)18-15/h2-7H,8,15H2,1H3,(H,17,18). The van der Waals surface area contributed by atoms with Crippen molar-refractivity contribution in [3.63, 3.8) is 0 Å². The van der Waals surface area contributed by atoms with E-state index in [9.17, 15) is 9.18 Å². The minimum absolute atomic E-state index is 0.138. The molecule has 0 fully saturated rings. The number of carbonyl (C=O) groups excluding carboxylic acids is 1. The number of benzene rings is 1. The van der Waals surface area contributed by atoms with Gasteiger partial charge >= 0.3 is 0 Å². The van der Waals surface area contributed by atoms with Crippen molar-refractivity contribution in [2.45, 2.75) is 6.54 Å². The third kappa shape index (κ3) is 3.07. The number of hydrogen-bond acceptors (Lipinski definition) is 5. The molecular formula is C13H14FN5O. The van der Waals surface area contributed by atoms with Gasteiger partial charge in [-0.2, -0.15) is 0 Å². The van der Waals surface area contributed by atoms with Gasteiger partial charge in [0, 0.05) is 19.2 Å². The normalized spacial score (nSPS) is 10.2. The molecule has 0 bridgehead atoms. The van der Waals surface area contributed by atoms with Crippen LogP contribution in [-0.2, 0) is 6.54 Å². The summed E-state index contributed by atoms with van der Waals surface area (Å²) in [7, 11) is 1.57. The molecule has 0 saturated heterocycles. The number of halogens is 1. The maximum absolute atomic E-state index is 13.5. The quantitative estimate of drug-likeness (QED) is 0.646. The second kappa shape index (κ2) is 6.07. The van der Waals surface area contributed by atoms with Crippen molar-refractivity contribution in [1.29, 1.82) is 0 Å². The van der Waals surface area contributed by atoms with Crippen LogP contribution in [0.1, 0.15) is 16.1 Å². The monoisotopic (exact) mass is 275 g/mol. The topological polar surface area (TPSA) is 84.1 Å². The first kappa shape index (κ1) is 13.9. The molecule has 0 atom stereocenters. The Balaban J connectivity index is 2.14. The number of aromatic nitrogens is 2. The Kier molecular flexibility index (Phi) is 4.21. The lowest BCUT2D eigenvalue weighted by Gasteiger charge is -2.17. The third-order valence-electron chi connectivity index (χ3n) is 2.71. The predicted octanol–water partition coefficient (Wildman–Crippen LogP) is 1.17. The molecule has 20 heavy (non-hydrogen) atoms. The molecule has 0 aliphatic rings. The molecule has 104 valence electrons. The number of amides is 1. The van der Waals surface area contributed by atoms with Gasteiger partial charge in [0.25, 0.3) is 5.91 Å². The first-order valence-corrected chi connectivity index (χ1v) is 5.89. The molecule has 7 heteroatoms. The SMILES string of the molecule is CN(Cc1ccccc1F)C(=O)c1cncc(NN)n1. The Hall–Kier alpha value is -2.54. The lowest BCUT2D eigenvalue weighted by atomic mass is 10.2. The van der Waals surface area contributed by atoms with Gasteiger partial charge in [-0.25, -0.2) is 15.2 Å². The Bertz CT molecular complexity index is 619. The maximum Gasteiger partial charge on any atom is 0.274 e. The number of rotatable bonds is 4. The molecule has 2 rings (SSSR count). The van der Waals surface area contributed by atoms with Crippen LogP contribution in [0.4, 0.5) is 10.2 Å². The summed E-state index contributed by atoms with van der Waals surface area (Å²) < 4.78 is 13.5. The Morgan fingerprint density at radius 2 is 2.15 bits per heavy atom. The van der Waals surface area contributed by atoms with Crippen molar-refractivity contribution >= 4 is 11.7 Å². The smallest absolute Gasteiger partial charge is 0.274 e. The minimum Gasteiger partial charge on any atom is -0.336 e. The van der Waals surface area contributed by atoms with E-state index in [2.05, 4.69) is 15.4 Å². The summed E-state index contributed by atoms with van der Waals surface area (Å²) in [6.07, 6.45) is 2.73. The van der Waals surface area contributed by atoms with Crippen LogP contribution < -0.4 is 11.3 Å². The molecule has 0 aliphatic heterocycles. The number of carbonyl (C=O) groups is 1. The first-order valence-electron chi connectivity index (χ1n) is 5.89. The molecule has 6 nitrogen and oxygen atoms in total. The van der Waals surface area contributed by atoms with Gasteiger partial charge in [0.15, 0.2) is 5.82 Å². The van der Waals surface area contributed by atoms with Crippen LogP contribution in [0.2, 0.25) is 0 Å². The largest absolute Gasteiger partial charge is 0.336 e. The Morgan fingerprint density at radius 3 is 2.85 bits per heavy atom. The molecule has 0 radical (unpaired) electrons. The molecule has 1 heterocycles. The van der Waals surface area contributed by atoms with Crippen LogP contribution in [0, 0.1) is 5.82 Å². The lowest BCUT2D eigenvalue weighted by molar-refractivity contribution is 0.0777. The van der Waals surface area contributed by atoms with Crippen molar-refractivity contribution in [2.75, 3.05) is 12.5 Å². The third-order valence-corrected chi connectivity index (χ3v) is 2.71. The van der Waals surface area contributed by atoms with E-state index in [1.54, 1.807) is 25.2 Å².